The minimum Gasteiger partial charge on any atom is -0.381 e. The quantitative estimate of drug-likeness (QED) is 0.229. The third-order valence-corrected chi connectivity index (χ3v) is 12.8. The number of nitrogens with zero attached hydrogens (tertiary/aromatic N) is 6. The van der Waals surface area contributed by atoms with Crippen LogP contribution in [0, 0.1) is 5.92 Å². The van der Waals surface area contributed by atoms with Crippen LogP contribution in [0.5, 0.6) is 0 Å². The van der Waals surface area contributed by atoms with E-state index in [4.69, 9.17) is 4.98 Å². The van der Waals surface area contributed by atoms with Crippen LogP contribution in [0.2, 0.25) is 0 Å². The van der Waals surface area contributed by atoms with Gasteiger partial charge in [-0.2, -0.15) is 0 Å². The van der Waals surface area contributed by atoms with Gasteiger partial charge in [-0.15, -0.1) is 11.3 Å². The van der Waals surface area contributed by atoms with E-state index in [1.807, 2.05) is 19.1 Å². The molecule has 14 heteroatoms. The number of hydrogen-bond donors (Lipinski definition) is 3. The number of fused-ring (bicyclic) bond motifs is 6. The van der Waals surface area contributed by atoms with Crippen molar-refractivity contribution in [2.24, 2.45) is 13.0 Å². The number of anilines is 3. The van der Waals surface area contributed by atoms with Gasteiger partial charge in [-0.25, -0.2) is 9.78 Å². The van der Waals surface area contributed by atoms with Crippen molar-refractivity contribution in [1.82, 2.24) is 29.7 Å². The molecule has 3 N–H and O–H groups in total. The Labute approximate surface area is 310 Å². The molecule has 1 unspecified atom stereocenters. The van der Waals surface area contributed by atoms with Gasteiger partial charge in [0.15, 0.2) is 0 Å². The predicted octanol–water partition coefficient (Wildman–Crippen LogP) is 4.05. The number of aryl methyl sites for hydroxylation is 1. The molecule has 4 aliphatic rings. The first-order chi connectivity index (χ1) is 25.7. The molecule has 4 aliphatic heterocycles. The van der Waals surface area contributed by atoms with Gasteiger partial charge in [-0.05, 0) is 81.5 Å². The molecule has 0 bridgehead atoms. The Hall–Kier alpha value is -4.95. The van der Waals surface area contributed by atoms with Gasteiger partial charge >= 0.3 is 5.69 Å². The van der Waals surface area contributed by atoms with Gasteiger partial charge in [0.05, 0.1) is 27.9 Å². The first-order valence-corrected chi connectivity index (χ1v) is 19.7. The summed E-state index contributed by atoms with van der Waals surface area (Å²) in [5.41, 5.74) is 4.23. The zero-order chi connectivity index (χ0) is 36.4. The maximum absolute atomic E-state index is 13.5. The van der Waals surface area contributed by atoms with Crippen LogP contribution in [0.4, 0.5) is 17.2 Å². The average molecular weight is 736 g/mol. The average Bonchev–Trinajstić information content (AvgIpc) is 3.48. The summed E-state index contributed by atoms with van der Waals surface area (Å²) in [6.07, 6.45) is 3.77. The molecule has 0 spiro atoms. The molecule has 3 aromatic heterocycles. The van der Waals surface area contributed by atoms with Crippen LogP contribution in [0.25, 0.3) is 32.0 Å². The fraction of sp³-hybridized carbons (Fsp3) is 0.462. The summed E-state index contributed by atoms with van der Waals surface area (Å²) in [6, 6.07) is 13.8. The zero-order valence-corrected chi connectivity index (χ0v) is 31.0. The van der Waals surface area contributed by atoms with E-state index in [9.17, 15) is 19.2 Å². The molecule has 0 radical (unpaired) electrons. The van der Waals surface area contributed by atoms with Crippen LogP contribution >= 0.6 is 11.3 Å². The molecule has 0 aliphatic carbocycles. The van der Waals surface area contributed by atoms with E-state index in [2.05, 4.69) is 61.0 Å². The van der Waals surface area contributed by atoms with E-state index in [1.54, 1.807) is 16.2 Å². The normalized spacial score (nSPS) is 22.1. The Morgan fingerprint density at radius 2 is 1.75 bits per heavy atom. The Kier molecular flexibility index (Phi) is 8.61. The lowest BCUT2D eigenvalue weighted by atomic mass is 9.95. The number of aromatic nitrogens is 3. The van der Waals surface area contributed by atoms with Crippen LogP contribution in [0.1, 0.15) is 54.7 Å². The Morgan fingerprint density at radius 3 is 2.58 bits per heavy atom. The molecule has 3 amide bonds. The molecule has 13 nitrogen and oxygen atoms in total. The summed E-state index contributed by atoms with van der Waals surface area (Å²) >= 11 is 1.54. The lowest BCUT2D eigenvalue weighted by Gasteiger charge is -2.36. The Morgan fingerprint density at radius 1 is 0.906 bits per heavy atom. The monoisotopic (exact) mass is 735 g/mol. The molecule has 9 rings (SSSR count). The molecule has 3 fully saturated rings. The first-order valence-electron chi connectivity index (χ1n) is 18.9. The fourth-order valence-electron chi connectivity index (χ4n) is 8.90. The van der Waals surface area contributed by atoms with Crippen molar-refractivity contribution in [2.75, 3.05) is 67.5 Å². The Balaban J connectivity index is 0.853. The highest BCUT2D eigenvalue weighted by Gasteiger charge is 2.33. The van der Waals surface area contributed by atoms with Crippen LogP contribution < -0.4 is 31.4 Å². The van der Waals surface area contributed by atoms with E-state index >= 15 is 0 Å². The minimum atomic E-state index is -0.689. The number of imide groups is 1. The molecule has 0 saturated carbocycles. The summed E-state index contributed by atoms with van der Waals surface area (Å²) < 4.78 is 4.32. The number of thiophene rings is 1. The Bertz CT molecular complexity index is 2340. The van der Waals surface area contributed by atoms with Crippen molar-refractivity contribution in [3.8, 4) is 0 Å². The molecule has 3 saturated heterocycles. The van der Waals surface area contributed by atoms with Crippen molar-refractivity contribution in [3.63, 3.8) is 0 Å². The molecule has 276 valence electrons. The maximum Gasteiger partial charge on any atom is 0.329 e. The van der Waals surface area contributed by atoms with Crippen molar-refractivity contribution >= 4 is 78.3 Å². The standard InChI is InChI=1S/C39H45N9O4S/c1-23-21-40-34-33-25-7-11-31(42-26(25)8-10-30(33)53-36(34)38(51)41-23)47-16-4-15-45(19-20-47)22-24-13-17-46(18-14-24)27-5-3-6-28-35(27)44(2)39(52)48(28)29-9-12-32(49)43-37(29)50/h3,5-8,10-11,23-24,29,40H,4,9,12-22H2,1-2H3,(H,41,51)(H,43,49,50)/t23-,29?/m1/s1. The van der Waals surface area contributed by atoms with Crippen molar-refractivity contribution < 1.29 is 14.4 Å². The number of piperidine rings is 2. The first kappa shape index (κ1) is 33.9. The van der Waals surface area contributed by atoms with Gasteiger partial charge in [-0.1, -0.05) is 6.07 Å². The smallest absolute Gasteiger partial charge is 0.329 e. The lowest BCUT2D eigenvalue weighted by Crippen LogP contribution is -2.44. The number of amides is 3. The van der Waals surface area contributed by atoms with Gasteiger partial charge in [0.1, 0.15) is 16.7 Å². The van der Waals surface area contributed by atoms with E-state index in [0.29, 0.717) is 18.9 Å². The third-order valence-electron chi connectivity index (χ3n) is 11.7. The van der Waals surface area contributed by atoms with Gasteiger partial charge in [0.25, 0.3) is 5.91 Å². The maximum atomic E-state index is 13.5. The number of nitrogens with one attached hydrogen (secondary N) is 3. The number of carbonyl (C=O) groups is 3. The number of carbonyl (C=O) groups excluding carboxylic acids is 3. The van der Waals surface area contributed by atoms with Crippen LogP contribution in [0.15, 0.2) is 47.3 Å². The van der Waals surface area contributed by atoms with Crippen molar-refractivity contribution in [1.29, 1.82) is 0 Å². The molecule has 7 heterocycles. The molecular formula is C39H45N9O4S. The number of hydrogen-bond acceptors (Lipinski definition) is 10. The second kappa shape index (κ2) is 13.5. The third kappa shape index (κ3) is 6.01. The topological polar surface area (TPSA) is 137 Å². The number of imidazole rings is 1. The summed E-state index contributed by atoms with van der Waals surface area (Å²) in [4.78, 5) is 64.1. The molecule has 5 aromatic rings. The van der Waals surface area contributed by atoms with Gasteiger partial charge in [0, 0.05) is 80.8 Å². The molecular weight excluding hydrogens is 691 g/mol. The second-order valence-corrected chi connectivity index (χ2v) is 16.2. The van der Waals surface area contributed by atoms with Gasteiger partial charge in [0.2, 0.25) is 11.8 Å². The number of para-hydroxylation sites is 1. The highest BCUT2D eigenvalue weighted by molar-refractivity contribution is 7.21. The van der Waals surface area contributed by atoms with E-state index in [0.717, 1.165) is 119 Å². The predicted molar refractivity (Wildman–Crippen MR) is 209 cm³/mol. The SMILES string of the molecule is C[C@@H]1CNc2c(sc3ccc4nc(N5CCCN(CC6CCN(c7cccc8c7n(C)c(=O)n8C7CCC(=O)NC7=O)CC6)CC5)ccc4c23)C(=O)N1. The zero-order valence-electron chi connectivity index (χ0n) is 30.2. The van der Waals surface area contributed by atoms with Crippen LogP contribution in [-0.4, -0.2) is 95.1 Å². The largest absolute Gasteiger partial charge is 0.381 e. The fourth-order valence-corrected chi connectivity index (χ4v) is 10.00. The minimum absolute atomic E-state index is 0.0129. The number of pyridine rings is 1. The van der Waals surface area contributed by atoms with Gasteiger partial charge in [-0.3, -0.25) is 28.8 Å². The number of benzene rings is 2. The molecule has 2 aromatic carbocycles. The lowest BCUT2D eigenvalue weighted by molar-refractivity contribution is -0.135. The summed E-state index contributed by atoms with van der Waals surface area (Å²) in [7, 11) is 1.77. The van der Waals surface area contributed by atoms with Crippen LogP contribution in [-0.2, 0) is 16.6 Å². The van der Waals surface area contributed by atoms with Crippen LogP contribution in [0.3, 0.4) is 0 Å². The summed E-state index contributed by atoms with van der Waals surface area (Å²) in [5, 5.41) is 11.2. The second-order valence-electron chi connectivity index (χ2n) is 15.1. The highest BCUT2D eigenvalue weighted by Crippen LogP contribution is 2.41. The molecule has 2 atom stereocenters. The van der Waals surface area contributed by atoms with E-state index < -0.39 is 11.9 Å². The van der Waals surface area contributed by atoms with E-state index in [1.165, 1.54) is 11.3 Å². The number of rotatable bonds is 5. The van der Waals surface area contributed by atoms with E-state index in [-0.39, 0.29) is 30.0 Å². The van der Waals surface area contributed by atoms with Crippen molar-refractivity contribution in [3.05, 3.63) is 57.8 Å². The summed E-state index contributed by atoms with van der Waals surface area (Å²) in [6.45, 7) is 9.53. The summed E-state index contributed by atoms with van der Waals surface area (Å²) in [5.74, 6) is 0.881. The van der Waals surface area contributed by atoms with Crippen molar-refractivity contribution in [2.45, 2.75) is 51.1 Å². The van der Waals surface area contributed by atoms with Gasteiger partial charge < -0.3 is 25.3 Å². The molecule has 53 heavy (non-hydrogen) atoms. The highest BCUT2D eigenvalue weighted by atomic mass is 32.1.